The van der Waals surface area contributed by atoms with Gasteiger partial charge in [0.15, 0.2) is 5.82 Å². The summed E-state index contributed by atoms with van der Waals surface area (Å²) >= 11 is 6.03. The third-order valence-electron chi connectivity index (χ3n) is 7.61. The molecule has 2 saturated carbocycles. The second kappa shape index (κ2) is 6.90. The van der Waals surface area contributed by atoms with Gasteiger partial charge in [-0.25, -0.2) is 4.98 Å². The second-order valence-corrected chi connectivity index (χ2v) is 11.1. The van der Waals surface area contributed by atoms with Crippen molar-refractivity contribution in [3.05, 3.63) is 41.0 Å². The Hall–Kier alpha value is -1.70. The standard InChI is InChI=1S/C22H25ClN4O2S/c23-15-4-2-14(3-5-15)19-16-11-26(12-17(16)19)21-24-10-18-20(25-21)27(8-9-30(18)29)22(13-28)6-1-7-22/h2-5,10,16-17,19,28H,1,6-9,11-13H2. The fourth-order valence-corrected chi connectivity index (χ4v) is 6.90. The maximum atomic E-state index is 12.6. The van der Waals surface area contributed by atoms with Crippen molar-refractivity contribution in [1.82, 2.24) is 9.97 Å². The number of rotatable bonds is 4. The number of anilines is 2. The molecule has 4 aliphatic rings. The average molecular weight is 445 g/mol. The van der Waals surface area contributed by atoms with Crippen molar-refractivity contribution in [2.75, 3.05) is 41.8 Å². The smallest absolute Gasteiger partial charge is 0.227 e. The highest BCUT2D eigenvalue weighted by atomic mass is 35.5. The van der Waals surface area contributed by atoms with Gasteiger partial charge in [0.2, 0.25) is 5.95 Å². The van der Waals surface area contributed by atoms with Crippen molar-refractivity contribution >= 4 is 34.2 Å². The van der Waals surface area contributed by atoms with Crippen LogP contribution in [0.5, 0.6) is 0 Å². The molecule has 1 aromatic carbocycles. The van der Waals surface area contributed by atoms with E-state index in [1.165, 1.54) is 5.56 Å². The van der Waals surface area contributed by atoms with Crippen LogP contribution in [0.1, 0.15) is 30.7 Å². The molecular formula is C22H25ClN4O2S. The van der Waals surface area contributed by atoms with Gasteiger partial charge in [-0.3, -0.25) is 4.21 Å². The Bertz CT molecular complexity index is 995. The third-order valence-corrected chi connectivity index (χ3v) is 9.19. The minimum atomic E-state index is -1.07. The summed E-state index contributed by atoms with van der Waals surface area (Å²) in [5.74, 6) is 3.94. The van der Waals surface area contributed by atoms with E-state index in [1.807, 2.05) is 12.1 Å². The summed E-state index contributed by atoms with van der Waals surface area (Å²) in [4.78, 5) is 14.7. The predicted octanol–water partition coefficient (Wildman–Crippen LogP) is 2.82. The lowest BCUT2D eigenvalue weighted by Gasteiger charge is -2.51. The Morgan fingerprint density at radius 3 is 2.57 bits per heavy atom. The number of piperidine rings is 1. The molecule has 1 saturated heterocycles. The minimum Gasteiger partial charge on any atom is -0.394 e. The Morgan fingerprint density at radius 1 is 1.20 bits per heavy atom. The summed E-state index contributed by atoms with van der Waals surface area (Å²) in [7, 11) is -1.07. The molecule has 6 nitrogen and oxygen atoms in total. The fraction of sp³-hybridized carbons (Fsp3) is 0.545. The SMILES string of the molecule is O=S1CCN(C2(CO)CCC2)c2nc(N3CC4C(C3)C4c3ccc(Cl)cc3)ncc21. The first-order chi connectivity index (χ1) is 14.6. The molecule has 2 aliphatic heterocycles. The summed E-state index contributed by atoms with van der Waals surface area (Å²) in [5, 5.41) is 10.9. The van der Waals surface area contributed by atoms with E-state index in [2.05, 4.69) is 26.9 Å². The van der Waals surface area contributed by atoms with Gasteiger partial charge in [0, 0.05) is 30.4 Å². The van der Waals surface area contributed by atoms with Gasteiger partial charge in [-0.1, -0.05) is 23.7 Å². The molecule has 1 N–H and O–H groups in total. The van der Waals surface area contributed by atoms with Crippen LogP contribution in [0.3, 0.4) is 0 Å². The van der Waals surface area contributed by atoms with Crippen LogP contribution in [0, 0.1) is 11.8 Å². The molecule has 0 amide bonds. The molecule has 3 fully saturated rings. The van der Waals surface area contributed by atoms with Crippen LogP contribution in [-0.4, -0.2) is 56.8 Å². The quantitative estimate of drug-likeness (QED) is 0.782. The summed E-state index contributed by atoms with van der Waals surface area (Å²) in [6.07, 6.45) is 4.80. The van der Waals surface area contributed by atoms with E-state index in [1.54, 1.807) is 6.20 Å². The van der Waals surface area contributed by atoms with Gasteiger partial charge in [-0.2, -0.15) is 4.98 Å². The zero-order valence-corrected chi connectivity index (χ0v) is 18.3. The molecule has 3 unspecified atom stereocenters. The first-order valence-electron chi connectivity index (χ1n) is 10.7. The third kappa shape index (κ3) is 2.82. The monoisotopic (exact) mass is 444 g/mol. The number of aromatic nitrogens is 2. The van der Waals surface area contributed by atoms with Crippen LogP contribution in [0.25, 0.3) is 0 Å². The Morgan fingerprint density at radius 2 is 1.93 bits per heavy atom. The van der Waals surface area contributed by atoms with Crippen molar-refractivity contribution in [2.45, 2.75) is 35.6 Å². The van der Waals surface area contributed by atoms with Crippen molar-refractivity contribution in [2.24, 2.45) is 11.8 Å². The Kier molecular flexibility index (Phi) is 4.38. The van der Waals surface area contributed by atoms with Gasteiger partial charge in [-0.05, 0) is 54.7 Å². The van der Waals surface area contributed by atoms with Crippen LogP contribution < -0.4 is 9.80 Å². The lowest BCUT2D eigenvalue weighted by atomic mass is 9.76. The maximum Gasteiger partial charge on any atom is 0.227 e. The lowest BCUT2D eigenvalue weighted by molar-refractivity contribution is 0.115. The summed E-state index contributed by atoms with van der Waals surface area (Å²) in [5.41, 5.74) is 1.13. The second-order valence-electron chi connectivity index (χ2n) is 9.11. The number of aliphatic hydroxyl groups is 1. The van der Waals surface area contributed by atoms with Crippen molar-refractivity contribution in [1.29, 1.82) is 0 Å². The normalized spacial score (nSPS) is 31.1. The highest BCUT2D eigenvalue weighted by molar-refractivity contribution is 7.85. The molecule has 2 aliphatic carbocycles. The average Bonchev–Trinajstić information content (AvgIpc) is 3.22. The number of fused-ring (bicyclic) bond motifs is 2. The van der Waals surface area contributed by atoms with Crippen molar-refractivity contribution in [3.63, 3.8) is 0 Å². The van der Waals surface area contributed by atoms with E-state index in [0.717, 1.165) is 49.1 Å². The molecule has 1 aromatic heterocycles. The van der Waals surface area contributed by atoms with E-state index < -0.39 is 10.8 Å². The fourth-order valence-electron chi connectivity index (χ4n) is 5.68. The molecule has 3 atom stereocenters. The van der Waals surface area contributed by atoms with Crippen LogP contribution in [0.4, 0.5) is 11.8 Å². The molecule has 6 rings (SSSR count). The number of aliphatic hydroxyl groups excluding tert-OH is 1. The van der Waals surface area contributed by atoms with Crippen LogP contribution in [0.15, 0.2) is 35.4 Å². The zero-order valence-electron chi connectivity index (χ0n) is 16.7. The van der Waals surface area contributed by atoms with Crippen LogP contribution in [0.2, 0.25) is 5.02 Å². The van der Waals surface area contributed by atoms with Gasteiger partial charge < -0.3 is 14.9 Å². The molecule has 8 heteroatoms. The molecule has 158 valence electrons. The van der Waals surface area contributed by atoms with Gasteiger partial charge in [0.25, 0.3) is 0 Å². The van der Waals surface area contributed by atoms with Gasteiger partial charge in [0.05, 0.1) is 34.0 Å². The highest BCUT2D eigenvalue weighted by Gasteiger charge is 2.56. The summed E-state index contributed by atoms with van der Waals surface area (Å²) in [6.45, 7) is 2.70. The van der Waals surface area contributed by atoms with Crippen molar-refractivity contribution in [3.8, 4) is 0 Å². The van der Waals surface area contributed by atoms with Crippen molar-refractivity contribution < 1.29 is 9.32 Å². The Labute approximate surface area is 183 Å². The maximum absolute atomic E-state index is 12.6. The van der Waals surface area contributed by atoms with Gasteiger partial charge in [-0.15, -0.1) is 0 Å². The number of nitrogens with zero attached hydrogens (tertiary/aromatic N) is 4. The minimum absolute atomic E-state index is 0.120. The predicted molar refractivity (Wildman–Crippen MR) is 118 cm³/mol. The topological polar surface area (TPSA) is 69.6 Å². The first-order valence-corrected chi connectivity index (χ1v) is 12.4. The molecule has 0 spiro atoms. The Balaban J connectivity index is 1.24. The first kappa shape index (κ1) is 19.0. The van der Waals surface area contributed by atoms with Crippen LogP contribution in [-0.2, 0) is 10.8 Å². The van der Waals surface area contributed by atoms with Crippen LogP contribution >= 0.6 is 11.6 Å². The van der Waals surface area contributed by atoms with E-state index >= 15 is 0 Å². The highest BCUT2D eigenvalue weighted by Crippen LogP contribution is 2.58. The molecule has 30 heavy (non-hydrogen) atoms. The summed E-state index contributed by atoms with van der Waals surface area (Å²) < 4.78 is 12.6. The number of hydrogen-bond acceptors (Lipinski definition) is 6. The number of hydrogen-bond donors (Lipinski definition) is 1. The van der Waals surface area contributed by atoms with Gasteiger partial charge >= 0.3 is 0 Å². The molecule has 0 radical (unpaired) electrons. The molecular weight excluding hydrogens is 420 g/mol. The molecule has 3 heterocycles. The largest absolute Gasteiger partial charge is 0.394 e. The zero-order chi connectivity index (χ0) is 20.5. The molecule has 0 bridgehead atoms. The number of benzene rings is 1. The molecule has 2 aromatic rings. The van der Waals surface area contributed by atoms with E-state index in [4.69, 9.17) is 16.6 Å². The van der Waals surface area contributed by atoms with E-state index in [-0.39, 0.29) is 12.1 Å². The number of halogens is 1. The summed E-state index contributed by atoms with van der Waals surface area (Å²) in [6, 6.07) is 8.24. The van der Waals surface area contributed by atoms with E-state index in [9.17, 15) is 9.32 Å². The lowest BCUT2D eigenvalue weighted by Crippen LogP contribution is -2.59. The van der Waals surface area contributed by atoms with Gasteiger partial charge in [0.1, 0.15) is 0 Å². The van der Waals surface area contributed by atoms with E-state index in [0.29, 0.717) is 34.9 Å².